The van der Waals surface area contributed by atoms with Crippen LogP contribution in [0.1, 0.15) is 30.9 Å². The number of aromatic nitrogens is 1. The van der Waals surface area contributed by atoms with Crippen molar-refractivity contribution in [1.82, 2.24) is 4.98 Å². The molecule has 0 saturated carbocycles. The molecule has 0 spiro atoms. The fraction of sp³-hybridized carbons (Fsp3) is 0.278. The molecule has 8 heteroatoms. The van der Waals surface area contributed by atoms with Crippen molar-refractivity contribution in [2.24, 2.45) is 5.73 Å². The van der Waals surface area contributed by atoms with Crippen LogP contribution in [0, 0.1) is 17.5 Å². The molecule has 0 saturated heterocycles. The summed E-state index contributed by atoms with van der Waals surface area (Å²) in [6.07, 6.45) is 1.23. The minimum atomic E-state index is -1.60. The molecule has 3 rings (SSSR count). The Balaban J connectivity index is 2.34. The molecule has 1 aromatic carbocycles. The second-order valence-corrected chi connectivity index (χ2v) is 6.14. The van der Waals surface area contributed by atoms with Gasteiger partial charge in [0.2, 0.25) is 11.8 Å². The minimum Gasteiger partial charge on any atom is -0.368 e. The van der Waals surface area contributed by atoms with Gasteiger partial charge in [-0.2, -0.15) is 0 Å². The zero-order valence-corrected chi connectivity index (χ0v) is 13.9. The summed E-state index contributed by atoms with van der Waals surface area (Å²) in [6.45, 7) is 1.26. The van der Waals surface area contributed by atoms with Gasteiger partial charge in [0.15, 0.2) is 11.6 Å². The number of rotatable bonds is 5. The molecule has 2 amide bonds. The average Bonchev–Trinajstić information content (AvgIpc) is 2.82. The predicted octanol–water partition coefficient (Wildman–Crippen LogP) is 2.42. The number of anilines is 1. The average molecular weight is 363 g/mol. The van der Waals surface area contributed by atoms with E-state index in [1.807, 2.05) is 0 Å². The maximum atomic E-state index is 14.8. The van der Waals surface area contributed by atoms with Crippen molar-refractivity contribution in [2.75, 3.05) is 11.4 Å². The Bertz CT molecular complexity index is 886. The maximum absolute atomic E-state index is 14.8. The normalized spacial score (nSPS) is 18.9. The smallest absolute Gasteiger partial charge is 0.244 e. The number of fused-ring (bicyclic) bond motifs is 1. The van der Waals surface area contributed by atoms with E-state index in [0.29, 0.717) is 18.2 Å². The molecule has 0 aliphatic carbocycles. The van der Waals surface area contributed by atoms with Crippen LogP contribution in [0.5, 0.6) is 0 Å². The number of pyridine rings is 1. The Labute approximate surface area is 147 Å². The molecular formula is C18H16F3N3O2. The molecular weight excluding hydrogens is 347 g/mol. The third-order valence-corrected chi connectivity index (χ3v) is 4.52. The lowest BCUT2D eigenvalue weighted by molar-refractivity contribution is -0.124. The third-order valence-electron chi connectivity index (χ3n) is 4.52. The summed E-state index contributed by atoms with van der Waals surface area (Å²) in [6, 6.07) is 4.98. The molecule has 2 aromatic rings. The summed E-state index contributed by atoms with van der Waals surface area (Å²) in [5, 5.41) is 0. The zero-order valence-electron chi connectivity index (χ0n) is 13.9. The Hall–Kier alpha value is -2.90. The summed E-state index contributed by atoms with van der Waals surface area (Å²) in [7, 11) is 0. The molecule has 0 fully saturated rings. The molecule has 5 nitrogen and oxygen atoms in total. The lowest BCUT2D eigenvalue weighted by Crippen LogP contribution is -2.44. The number of primary amides is 1. The second kappa shape index (κ2) is 6.44. The summed E-state index contributed by atoms with van der Waals surface area (Å²) >= 11 is 0. The van der Waals surface area contributed by atoms with Crippen molar-refractivity contribution in [3.05, 3.63) is 59.0 Å². The van der Waals surface area contributed by atoms with E-state index in [9.17, 15) is 22.8 Å². The SMILES string of the molecule is CCC[C@]1(c2ccc(F)cc2)C(=O)N(CC(N)=O)c2ncc(F)c(F)c21. The van der Waals surface area contributed by atoms with Gasteiger partial charge in [0, 0.05) is 0 Å². The van der Waals surface area contributed by atoms with E-state index in [1.165, 1.54) is 12.1 Å². The van der Waals surface area contributed by atoms with Crippen molar-refractivity contribution in [1.29, 1.82) is 0 Å². The summed E-state index contributed by atoms with van der Waals surface area (Å²) < 4.78 is 42.1. The zero-order chi connectivity index (χ0) is 19.1. The summed E-state index contributed by atoms with van der Waals surface area (Å²) in [5.74, 6) is -4.56. The molecule has 0 unspecified atom stereocenters. The first-order valence-corrected chi connectivity index (χ1v) is 8.03. The third kappa shape index (κ3) is 2.53. The van der Waals surface area contributed by atoms with Crippen molar-refractivity contribution < 1.29 is 22.8 Å². The van der Waals surface area contributed by atoms with Gasteiger partial charge in [-0.25, -0.2) is 18.2 Å². The van der Waals surface area contributed by atoms with Gasteiger partial charge in [-0.05, 0) is 24.1 Å². The van der Waals surface area contributed by atoms with Crippen molar-refractivity contribution in [3.8, 4) is 0 Å². The van der Waals surface area contributed by atoms with Crippen LogP contribution in [0.25, 0.3) is 0 Å². The highest BCUT2D eigenvalue weighted by Gasteiger charge is 2.54. The van der Waals surface area contributed by atoms with Gasteiger partial charge in [-0.3, -0.25) is 14.5 Å². The molecule has 1 aromatic heterocycles. The van der Waals surface area contributed by atoms with E-state index in [4.69, 9.17) is 5.73 Å². The quantitative estimate of drug-likeness (QED) is 0.886. The first kappa shape index (κ1) is 17.9. The lowest BCUT2D eigenvalue weighted by atomic mass is 9.72. The number of nitrogens with two attached hydrogens (primary N) is 1. The van der Waals surface area contributed by atoms with Crippen LogP contribution in [0.3, 0.4) is 0 Å². The lowest BCUT2D eigenvalue weighted by Gasteiger charge is -2.29. The van der Waals surface area contributed by atoms with Crippen LogP contribution in [-0.4, -0.2) is 23.3 Å². The second-order valence-electron chi connectivity index (χ2n) is 6.14. The van der Waals surface area contributed by atoms with Gasteiger partial charge < -0.3 is 5.73 Å². The number of carbonyl (C=O) groups is 2. The number of hydrogen-bond acceptors (Lipinski definition) is 3. The Morgan fingerprint density at radius 3 is 2.46 bits per heavy atom. The van der Waals surface area contributed by atoms with E-state index in [0.717, 1.165) is 17.0 Å². The molecule has 136 valence electrons. The van der Waals surface area contributed by atoms with E-state index in [2.05, 4.69) is 4.98 Å². The highest BCUT2D eigenvalue weighted by molar-refractivity contribution is 6.11. The summed E-state index contributed by atoms with van der Waals surface area (Å²) in [4.78, 5) is 29.4. The van der Waals surface area contributed by atoms with Gasteiger partial charge in [0.25, 0.3) is 0 Å². The first-order valence-electron chi connectivity index (χ1n) is 8.03. The van der Waals surface area contributed by atoms with Crippen LogP contribution >= 0.6 is 0 Å². The number of halogens is 3. The first-order chi connectivity index (χ1) is 12.3. The number of nitrogens with zero attached hydrogens (tertiary/aromatic N) is 2. The Morgan fingerprint density at radius 1 is 1.23 bits per heavy atom. The maximum Gasteiger partial charge on any atom is 0.244 e. The number of carbonyl (C=O) groups excluding carboxylic acids is 2. The highest BCUT2D eigenvalue weighted by atomic mass is 19.2. The van der Waals surface area contributed by atoms with Crippen LogP contribution in [0.4, 0.5) is 19.0 Å². The summed E-state index contributed by atoms with van der Waals surface area (Å²) in [5.41, 5.74) is 3.64. The number of hydrogen-bond donors (Lipinski definition) is 1. The van der Waals surface area contributed by atoms with Crippen molar-refractivity contribution >= 4 is 17.6 Å². The molecule has 2 heterocycles. The topological polar surface area (TPSA) is 76.3 Å². The van der Waals surface area contributed by atoms with Crippen LogP contribution in [0.15, 0.2) is 30.5 Å². The Morgan fingerprint density at radius 2 is 1.88 bits per heavy atom. The Kier molecular flexibility index (Phi) is 4.43. The number of amides is 2. The van der Waals surface area contributed by atoms with Crippen LogP contribution in [0.2, 0.25) is 0 Å². The molecule has 0 bridgehead atoms. The largest absolute Gasteiger partial charge is 0.368 e. The molecule has 1 aliphatic rings. The van der Waals surface area contributed by atoms with Crippen LogP contribution < -0.4 is 10.6 Å². The molecule has 2 N–H and O–H groups in total. The molecule has 0 radical (unpaired) electrons. The van der Waals surface area contributed by atoms with Crippen LogP contribution in [-0.2, 0) is 15.0 Å². The van der Waals surface area contributed by atoms with Gasteiger partial charge in [-0.15, -0.1) is 0 Å². The monoisotopic (exact) mass is 363 g/mol. The van der Waals surface area contributed by atoms with Gasteiger partial charge in [-0.1, -0.05) is 25.5 Å². The van der Waals surface area contributed by atoms with Gasteiger partial charge >= 0.3 is 0 Å². The standard InChI is InChI=1S/C18H16F3N3O2/c1-2-7-18(10-3-5-11(19)6-4-10)14-15(21)12(20)8-23-16(14)24(17(18)26)9-13(22)25/h3-6,8H,2,7,9H2,1H3,(H2,22,25)/t18-/m1/s1. The highest BCUT2D eigenvalue weighted by Crippen LogP contribution is 2.49. The van der Waals surface area contributed by atoms with Crippen molar-refractivity contribution in [2.45, 2.75) is 25.2 Å². The molecule has 1 aliphatic heterocycles. The van der Waals surface area contributed by atoms with Crippen molar-refractivity contribution in [3.63, 3.8) is 0 Å². The van der Waals surface area contributed by atoms with E-state index in [1.54, 1.807) is 6.92 Å². The minimum absolute atomic E-state index is 0.127. The fourth-order valence-corrected chi connectivity index (χ4v) is 3.53. The van der Waals surface area contributed by atoms with Gasteiger partial charge in [0.1, 0.15) is 23.6 Å². The van der Waals surface area contributed by atoms with E-state index in [-0.39, 0.29) is 17.8 Å². The fourth-order valence-electron chi connectivity index (χ4n) is 3.53. The van der Waals surface area contributed by atoms with Gasteiger partial charge in [0.05, 0.1) is 11.8 Å². The number of benzene rings is 1. The van der Waals surface area contributed by atoms with E-state index < -0.39 is 41.2 Å². The molecule has 26 heavy (non-hydrogen) atoms. The molecule has 1 atom stereocenters. The predicted molar refractivity (Wildman–Crippen MR) is 87.8 cm³/mol. The van der Waals surface area contributed by atoms with E-state index >= 15 is 0 Å².